The fourth-order valence-corrected chi connectivity index (χ4v) is 2.76. The zero-order chi connectivity index (χ0) is 21.2. The standard InChI is InChI=1S/C20H21FN6O2/c1-20(2,29)18(21)11-25-19(28)14-10-24-16(7-15(14)23-3)17-5-4-13-6-12(8-22)9-26-27(13)17/h4-7,9-10,18,29H,11H2,1-3H3,(H,23,24)(H,25,28). The van der Waals surface area contributed by atoms with E-state index in [1.807, 2.05) is 18.2 Å². The Balaban J connectivity index is 1.88. The summed E-state index contributed by atoms with van der Waals surface area (Å²) >= 11 is 0. The monoisotopic (exact) mass is 396 g/mol. The molecule has 0 aliphatic rings. The predicted octanol–water partition coefficient (Wildman–Crippen LogP) is 2.15. The minimum Gasteiger partial charge on any atom is -0.387 e. The van der Waals surface area contributed by atoms with Gasteiger partial charge >= 0.3 is 0 Å². The quantitative estimate of drug-likeness (QED) is 0.588. The van der Waals surface area contributed by atoms with Crippen LogP contribution in [0.5, 0.6) is 0 Å². The maximum absolute atomic E-state index is 13.9. The predicted molar refractivity (Wildman–Crippen MR) is 106 cm³/mol. The number of carbonyl (C=O) groups is 1. The SMILES string of the molecule is CNc1cc(-c2ccc3cc(C#N)cnn23)ncc1C(=O)NCC(F)C(C)(C)O. The highest BCUT2D eigenvalue weighted by Crippen LogP contribution is 2.25. The highest BCUT2D eigenvalue weighted by molar-refractivity contribution is 5.99. The van der Waals surface area contributed by atoms with Crippen LogP contribution in [-0.2, 0) is 0 Å². The van der Waals surface area contributed by atoms with E-state index < -0.39 is 17.7 Å². The molecule has 1 unspecified atom stereocenters. The van der Waals surface area contributed by atoms with Gasteiger partial charge in [-0.2, -0.15) is 10.4 Å². The maximum Gasteiger partial charge on any atom is 0.255 e. The smallest absolute Gasteiger partial charge is 0.255 e. The Labute approximate surface area is 167 Å². The van der Waals surface area contributed by atoms with Gasteiger partial charge in [0.05, 0.1) is 52.1 Å². The summed E-state index contributed by atoms with van der Waals surface area (Å²) in [5.41, 5.74) is 1.68. The van der Waals surface area contributed by atoms with Crippen molar-refractivity contribution in [3.63, 3.8) is 0 Å². The molecule has 1 amide bonds. The number of halogens is 1. The Kier molecular flexibility index (Phi) is 5.48. The Morgan fingerprint density at radius 2 is 2.14 bits per heavy atom. The van der Waals surface area contributed by atoms with E-state index in [0.717, 1.165) is 5.52 Å². The molecular formula is C20H21FN6O2. The number of pyridine rings is 1. The molecule has 0 saturated heterocycles. The summed E-state index contributed by atoms with van der Waals surface area (Å²) in [6.45, 7) is 2.37. The van der Waals surface area contributed by atoms with Gasteiger partial charge in [-0.05, 0) is 38.1 Å². The van der Waals surface area contributed by atoms with Gasteiger partial charge < -0.3 is 15.7 Å². The third-order valence-electron chi connectivity index (χ3n) is 4.52. The number of nitrogens with one attached hydrogen (secondary N) is 2. The molecule has 3 rings (SSSR count). The van der Waals surface area contributed by atoms with E-state index in [0.29, 0.717) is 22.6 Å². The number of anilines is 1. The van der Waals surface area contributed by atoms with Gasteiger partial charge in [-0.1, -0.05) is 0 Å². The topological polar surface area (TPSA) is 115 Å². The summed E-state index contributed by atoms with van der Waals surface area (Å²) in [5.74, 6) is -0.503. The van der Waals surface area contributed by atoms with E-state index in [-0.39, 0.29) is 12.1 Å². The van der Waals surface area contributed by atoms with E-state index in [4.69, 9.17) is 5.26 Å². The van der Waals surface area contributed by atoms with Crippen molar-refractivity contribution in [2.75, 3.05) is 18.9 Å². The number of hydrogen-bond acceptors (Lipinski definition) is 6. The second-order valence-electron chi connectivity index (χ2n) is 7.11. The van der Waals surface area contributed by atoms with Crippen LogP contribution in [0, 0.1) is 11.3 Å². The average molecular weight is 396 g/mol. The molecule has 0 bridgehead atoms. The van der Waals surface area contributed by atoms with Crippen molar-refractivity contribution in [1.82, 2.24) is 19.9 Å². The van der Waals surface area contributed by atoms with Crippen LogP contribution < -0.4 is 10.6 Å². The summed E-state index contributed by atoms with van der Waals surface area (Å²) < 4.78 is 15.5. The lowest BCUT2D eigenvalue weighted by Gasteiger charge is -2.22. The highest BCUT2D eigenvalue weighted by atomic mass is 19.1. The van der Waals surface area contributed by atoms with Gasteiger partial charge in [0.1, 0.15) is 12.2 Å². The van der Waals surface area contributed by atoms with Crippen LogP contribution in [0.15, 0.2) is 36.7 Å². The first kappa shape index (κ1) is 20.2. The molecule has 150 valence electrons. The Hall–Kier alpha value is -3.51. The number of alkyl halides is 1. The van der Waals surface area contributed by atoms with Crippen LogP contribution in [-0.4, -0.2) is 51.0 Å². The second-order valence-corrected chi connectivity index (χ2v) is 7.11. The number of amides is 1. The van der Waals surface area contributed by atoms with Crippen LogP contribution in [0.3, 0.4) is 0 Å². The van der Waals surface area contributed by atoms with E-state index in [1.54, 1.807) is 23.7 Å². The van der Waals surface area contributed by atoms with Crippen molar-refractivity contribution in [2.24, 2.45) is 0 Å². The van der Waals surface area contributed by atoms with Gasteiger partial charge in [0.15, 0.2) is 0 Å². The summed E-state index contributed by atoms with van der Waals surface area (Å²) in [4.78, 5) is 16.8. The molecular weight excluding hydrogens is 375 g/mol. The zero-order valence-electron chi connectivity index (χ0n) is 16.3. The van der Waals surface area contributed by atoms with Crippen molar-refractivity contribution in [2.45, 2.75) is 25.6 Å². The van der Waals surface area contributed by atoms with Crippen molar-refractivity contribution in [3.05, 3.63) is 47.8 Å². The Bertz CT molecular complexity index is 1100. The number of carbonyl (C=O) groups excluding carboxylic acids is 1. The van der Waals surface area contributed by atoms with Gasteiger partial charge in [-0.25, -0.2) is 8.91 Å². The molecule has 0 aliphatic heterocycles. The zero-order valence-corrected chi connectivity index (χ0v) is 16.3. The molecule has 0 fully saturated rings. The minimum absolute atomic E-state index is 0.250. The van der Waals surface area contributed by atoms with Crippen LogP contribution in [0.2, 0.25) is 0 Å². The molecule has 3 N–H and O–H groups in total. The maximum atomic E-state index is 13.9. The number of nitriles is 1. The fourth-order valence-electron chi connectivity index (χ4n) is 2.76. The van der Waals surface area contributed by atoms with Gasteiger partial charge in [0.25, 0.3) is 5.91 Å². The molecule has 0 aliphatic carbocycles. The second kappa shape index (κ2) is 7.85. The van der Waals surface area contributed by atoms with E-state index >= 15 is 0 Å². The lowest BCUT2D eigenvalue weighted by molar-refractivity contribution is -0.00177. The molecule has 29 heavy (non-hydrogen) atoms. The molecule has 8 nitrogen and oxygen atoms in total. The third kappa shape index (κ3) is 4.17. The molecule has 3 aromatic heterocycles. The molecule has 3 heterocycles. The molecule has 0 aromatic carbocycles. The largest absolute Gasteiger partial charge is 0.387 e. The third-order valence-corrected chi connectivity index (χ3v) is 4.52. The first-order valence-corrected chi connectivity index (χ1v) is 8.95. The summed E-state index contributed by atoms with van der Waals surface area (Å²) in [5, 5.41) is 28.3. The van der Waals surface area contributed by atoms with Gasteiger partial charge in [-0.3, -0.25) is 9.78 Å². The number of nitrogens with zero attached hydrogens (tertiary/aromatic N) is 4. The normalized spacial score (nSPS) is 12.4. The van der Waals surface area contributed by atoms with Crippen LogP contribution in [0.4, 0.5) is 10.1 Å². The Morgan fingerprint density at radius 3 is 2.79 bits per heavy atom. The number of fused-ring (bicyclic) bond motifs is 1. The molecule has 0 radical (unpaired) electrons. The number of rotatable bonds is 6. The van der Waals surface area contributed by atoms with Crippen molar-refractivity contribution in [1.29, 1.82) is 5.26 Å². The van der Waals surface area contributed by atoms with Crippen molar-refractivity contribution >= 4 is 17.1 Å². The van der Waals surface area contributed by atoms with E-state index in [9.17, 15) is 14.3 Å². The number of aromatic nitrogens is 3. The number of hydrogen-bond donors (Lipinski definition) is 3. The first-order valence-electron chi connectivity index (χ1n) is 8.95. The lowest BCUT2D eigenvalue weighted by Crippen LogP contribution is -2.42. The minimum atomic E-state index is -1.60. The Morgan fingerprint density at radius 1 is 1.38 bits per heavy atom. The number of aliphatic hydroxyl groups is 1. The van der Waals surface area contributed by atoms with Gasteiger partial charge in [-0.15, -0.1) is 0 Å². The average Bonchev–Trinajstić information content (AvgIpc) is 3.13. The van der Waals surface area contributed by atoms with E-state index in [2.05, 4.69) is 20.7 Å². The molecule has 0 saturated carbocycles. The summed E-state index contributed by atoms with van der Waals surface area (Å²) in [7, 11) is 1.67. The fraction of sp³-hybridized carbons (Fsp3) is 0.300. The lowest BCUT2D eigenvalue weighted by atomic mass is 10.0. The van der Waals surface area contributed by atoms with Crippen LogP contribution in [0.25, 0.3) is 16.9 Å². The highest BCUT2D eigenvalue weighted by Gasteiger charge is 2.27. The molecule has 3 aromatic rings. The summed E-state index contributed by atoms with van der Waals surface area (Å²) in [6, 6.07) is 9.10. The first-order chi connectivity index (χ1) is 13.7. The van der Waals surface area contributed by atoms with Crippen molar-refractivity contribution in [3.8, 4) is 17.5 Å². The molecule has 1 atom stereocenters. The van der Waals surface area contributed by atoms with E-state index in [1.165, 1.54) is 26.2 Å². The van der Waals surface area contributed by atoms with Crippen LogP contribution in [0.1, 0.15) is 29.8 Å². The molecule has 0 spiro atoms. The van der Waals surface area contributed by atoms with Gasteiger partial charge in [0.2, 0.25) is 0 Å². The summed E-state index contributed by atoms with van der Waals surface area (Å²) in [6.07, 6.45) is 1.26. The van der Waals surface area contributed by atoms with Crippen molar-refractivity contribution < 1.29 is 14.3 Å². The molecule has 9 heteroatoms. The van der Waals surface area contributed by atoms with Crippen LogP contribution >= 0.6 is 0 Å². The van der Waals surface area contributed by atoms with Gasteiger partial charge in [0, 0.05) is 13.2 Å².